The molecule has 4 nitrogen and oxygen atoms in total. The number of nitrogens with one attached hydrogen (secondary N) is 1. The molecule has 0 bridgehead atoms. The highest BCUT2D eigenvalue weighted by atomic mass is 19.1. The van der Waals surface area contributed by atoms with Crippen LogP contribution in [0.5, 0.6) is 0 Å². The lowest BCUT2D eigenvalue weighted by Gasteiger charge is -2.60. The van der Waals surface area contributed by atoms with E-state index in [-0.39, 0.29) is 34.9 Å². The smallest absolute Gasteiger partial charge is 0.282 e. The van der Waals surface area contributed by atoms with Gasteiger partial charge in [-0.3, -0.25) is 9.59 Å². The van der Waals surface area contributed by atoms with Crippen molar-refractivity contribution in [2.45, 2.75) is 58.4 Å². The Bertz CT molecular complexity index is 1040. The van der Waals surface area contributed by atoms with Gasteiger partial charge in [0, 0.05) is 30.5 Å². The standard InChI is InChI=1S/C26H31F3N2O2/c1-25-11-10-17-15(5-9-22-26(17,2)13-20(29)24(33)31(22)3)16(25)6-7-18(25)23(32)30-21-8-4-14(27)12-19(21)28/h4,8,12-13,15-18,22H,5-7,9-11H2,1-3H3,(H,30,32)/t15?,16-,17?,18+,22+,25-,26+/m0/s1. The monoisotopic (exact) mass is 460 g/mol. The summed E-state index contributed by atoms with van der Waals surface area (Å²) >= 11 is 0. The summed E-state index contributed by atoms with van der Waals surface area (Å²) in [7, 11) is 1.70. The lowest BCUT2D eigenvalue weighted by atomic mass is 9.47. The maximum absolute atomic E-state index is 14.5. The Kier molecular flexibility index (Phi) is 5.18. The van der Waals surface area contributed by atoms with Crippen molar-refractivity contribution in [1.82, 2.24) is 4.90 Å². The van der Waals surface area contributed by atoms with E-state index in [1.807, 2.05) is 0 Å². The predicted molar refractivity (Wildman–Crippen MR) is 119 cm³/mol. The first-order valence-electron chi connectivity index (χ1n) is 12.0. The van der Waals surface area contributed by atoms with E-state index >= 15 is 0 Å². The molecular formula is C26H31F3N2O2. The van der Waals surface area contributed by atoms with Gasteiger partial charge >= 0.3 is 0 Å². The highest BCUT2D eigenvalue weighted by Crippen LogP contribution is 2.65. The second-order valence-corrected chi connectivity index (χ2v) is 11.0. The van der Waals surface area contributed by atoms with Gasteiger partial charge in [0.1, 0.15) is 11.6 Å². The van der Waals surface area contributed by atoms with Gasteiger partial charge in [-0.05, 0) is 79.9 Å². The van der Waals surface area contributed by atoms with Crippen LogP contribution in [0.15, 0.2) is 30.1 Å². The van der Waals surface area contributed by atoms with Gasteiger partial charge in [-0.15, -0.1) is 0 Å². The number of carbonyl (C=O) groups excluding carboxylic acids is 2. The minimum Gasteiger partial charge on any atom is -0.336 e. The van der Waals surface area contributed by atoms with Gasteiger partial charge in [0.05, 0.1) is 5.69 Å². The van der Waals surface area contributed by atoms with E-state index in [9.17, 15) is 22.8 Å². The summed E-state index contributed by atoms with van der Waals surface area (Å²) in [6.45, 7) is 4.27. The first kappa shape index (κ1) is 22.5. The zero-order valence-electron chi connectivity index (χ0n) is 19.3. The third-order valence-corrected chi connectivity index (χ3v) is 9.66. The van der Waals surface area contributed by atoms with Gasteiger partial charge in [-0.25, -0.2) is 13.2 Å². The minimum absolute atomic E-state index is 0.00273. The summed E-state index contributed by atoms with van der Waals surface area (Å²) in [4.78, 5) is 27.0. The SMILES string of the molecule is CN1C(=O)C(F)=C[C@]2(C)C3CC[C@]4(C)[C@@H](C(=O)Nc5ccc(F)cc5F)CC[C@H]4C3CC[C@@H]12. The van der Waals surface area contributed by atoms with Gasteiger partial charge in [0.25, 0.3) is 5.91 Å². The summed E-state index contributed by atoms with van der Waals surface area (Å²) in [5, 5.41) is 2.69. The van der Waals surface area contributed by atoms with Crippen LogP contribution in [0, 0.1) is 46.1 Å². The number of anilines is 1. The molecule has 0 spiro atoms. The van der Waals surface area contributed by atoms with Crippen LogP contribution in [-0.4, -0.2) is 29.8 Å². The van der Waals surface area contributed by atoms with Crippen molar-refractivity contribution in [3.63, 3.8) is 0 Å². The Balaban J connectivity index is 1.39. The second kappa shape index (κ2) is 7.60. The molecule has 2 unspecified atom stereocenters. The van der Waals surface area contributed by atoms with E-state index in [1.165, 1.54) is 6.07 Å². The Labute approximate surface area is 192 Å². The van der Waals surface area contributed by atoms with Crippen LogP contribution in [0.2, 0.25) is 0 Å². The Morgan fingerprint density at radius 3 is 2.55 bits per heavy atom. The number of likely N-dealkylation sites (N-methyl/N-ethyl adjacent to an activating group) is 1. The quantitative estimate of drug-likeness (QED) is 0.638. The average molecular weight is 461 g/mol. The van der Waals surface area contributed by atoms with E-state index in [4.69, 9.17) is 0 Å². The van der Waals surface area contributed by atoms with Crippen molar-refractivity contribution in [3.05, 3.63) is 41.7 Å². The van der Waals surface area contributed by atoms with Crippen molar-refractivity contribution in [2.24, 2.45) is 34.5 Å². The van der Waals surface area contributed by atoms with Crippen molar-refractivity contribution in [3.8, 4) is 0 Å². The molecule has 3 saturated carbocycles. The van der Waals surface area contributed by atoms with Crippen LogP contribution in [0.4, 0.5) is 18.9 Å². The number of benzene rings is 1. The Morgan fingerprint density at radius 1 is 1.06 bits per heavy atom. The predicted octanol–water partition coefficient (Wildman–Crippen LogP) is 5.46. The van der Waals surface area contributed by atoms with E-state index in [0.29, 0.717) is 11.8 Å². The molecule has 1 aliphatic heterocycles. The van der Waals surface area contributed by atoms with Crippen LogP contribution >= 0.6 is 0 Å². The van der Waals surface area contributed by atoms with E-state index < -0.39 is 28.8 Å². The fourth-order valence-corrected chi connectivity index (χ4v) is 8.07. The summed E-state index contributed by atoms with van der Waals surface area (Å²) in [5.41, 5.74) is -0.622. The number of rotatable bonds is 2. The fraction of sp³-hybridized carbons (Fsp3) is 0.615. The van der Waals surface area contributed by atoms with Crippen molar-refractivity contribution < 1.29 is 22.8 Å². The molecule has 0 radical (unpaired) electrons. The first-order chi connectivity index (χ1) is 15.6. The zero-order chi connectivity index (χ0) is 23.7. The van der Waals surface area contributed by atoms with Crippen molar-refractivity contribution in [2.75, 3.05) is 12.4 Å². The second-order valence-electron chi connectivity index (χ2n) is 11.0. The lowest BCUT2D eigenvalue weighted by molar-refractivity contribution is -0.144. The first-order valence-corrected chi connectivity index (χ1v) is 12.0. The number of halogens is 3. The molecule has 1 N–H and O–H groups in total. The lowest BCUT2D eigenvalue weighted by Crippen LogP contribution is -2.60. The van der Waals surface area contributed by atoms with Gasteiger partial charge in [0.2, 0.25) is 5.91 Å². The van der Waals surface area contributed by atoms with Crippen LogP contribution < -0.4 is 5.32 Å². The largest absolute Gasteiger partial charge is 0.336 e. The summed E-state index contributed by atoms with van der Waals surface area (Å²) in [5.74, 6) is -2.16. The molecule has 7 heteroatoms. The molecule has 1 aromatic rings. The van der Waals surface area contributed by atoms with Crippen LogP contribution in [0.25, 0.3) is 0 Å². The normalized spacial score (nSPS) is 39.9. The number of amides is 2. The molecular weight excluding hydrogens is 429 g/mol. The number of carbonyl (C=O) groups is 2. The third-order valence-electron chi connectivity index (χ3n) is 9.66. The highest BCUT2D eigenvalue weighted by Gasteiger charge is 2.62. The average Bonchev–Trinajstić information content (AvgIpc) is 3.11. The summed E-state index contributed by atoms with van der Waals surface area (Å²) in [6, 6.07) is 3.17. The Hall–Kier alpha value is -2.31. The number of hydrogen-bond acceptors (Lipinski definition) is 2. The topological polar surface area (TPSA) is 49.4 Å². The molecule has 33 heavy (non-hydrogen) atoms. The van der Waals surface area contributed by atoms with Gasteiger partial charge in [0.15, 0.2) is 5.83 Å². The van der Waals surface area contributed by atoms with Gasteiger partial charge in [-0.1, -0.05) is 13.8 Å². The molecule has 1 aromatic carbocycles. The maximum Gasteiger partial charge on any atom is 0.282 e. The molecule has 0 aromatic heterocycles. The summed E-state index contributed by atoms with van der Waals surface area (Å²) in [6.07, 6.45) is 6.69. The van der Waals surface area contributed by atoms with Crippen molar-refractivity contribution >= 4 is 17.5 Å². The molecule has 178 valence electrons. The molecule has 0 saturated heterocycles. The zero-order valence-corrected chi connectivity index (χ0v) is 19.3. The summed E-state index contributed by atoms with van der Waals surface area (Å²) < 4.78 is 41.9. The van der Waals surface area contributed by atoms with E-state index in [1.54, 1.807) is 18.0 Å². The van der Waals surface area contributed by atoms with Gasteiger partial charge in [-0.2, -0.15) is 0 Å². The minimum atomic E-state index is -0.775. The van der Waals surface area contributed by atoms with Gasteiger partial charge < -0.3 is 10.2 Å². The number of hydrogen-bond donors (Lipinski definition) is 1. The third kappa shape index (κ3) is 3.25. The molecule has 1 heterocycles. The van der Waals surface area contributed by atoms with Crippen LogP contribution in [0.3, 0.4) is 0 Å². The molecule has 5 rings (SSSR count). The number of fused-ring (bicyclic) bond motifs is 5. The molecule has 4 aliphatic rings. The van der Waals surface area contributed by atoms with Crippen LogP contribution in [0.1, 0.15) is 52.4 Å². The molecule has 2 amide bonds. The molecule has 7 atom stereocenters. The van der Waals surface area contributed by atoms with Crippen molar-refractivity contribution in [1.29, 1.82) is 0 Å². The molecule has 3 aliphatic carbocycles. The Morgan fingerprint density at radius 2 is 1.82 bits per heavy atom. The molecule has 3 fully saturated rings. The highest BCUT2D eigenvalue weighted by molar-refractivity contribution is 5.93. The fourth-order valence-electron chi connectivity index (χ4n) is 8.07. The maximum atomic E-state index is 14.5. The van der Waals surface area contributed by atoms with Crippen LogP contribution in [-0.2, 0) is 9.59 Å². The van der Waals surface area contributed by atoms with E-state index in [0.717, 1.165) is 50.7 Å². The van der Waals surface area contributed by atoms with E-state index in [2.05, 4.69) is 19.2 Å². The number of nitrogens with zero attached hydrogens (tertiary/aromatic N) is 1.